The van der Waals surface area contributed by atoms with Gasteiger partial charge in [0.25, 0.3) is 0 Å². The summed E-state index contributed by atoms with van der Waals surface area (Å²) in [4.78, 5) is 15.9. The molecule has 0 fully saturated rings. The van der Waals surface area contributed by atoms with E-state index >= 15 is 0 Å². The molecule has 28 heavy (non-hydrogen) atoms. The second kappa shape index (κ2) is 7.73. The second-order valence-electron chi connectivity index (χ2n) is 6.42. The van der Waals surface area contributed by atoms with Crippen molar-refractivity contribution in [3.8, 4) is 17.1 Å². The third-order valence-electron chi connectivity index (χ3n) is 4.64. The summed E-state index contributed by atoms with van der Waals surface area (Å²) in [5.41, 5.74) is 3.19. The summed E-state index contributed by atoms with van der Waals surface area (Å²) in [5.74, 6) is 2.18. The first kappa shape index (κ1) is 18.7. The van der Waals surface area contributed by atoms with Crippen LogP contribution in [0.2, 0.25) is 5.02 Å². The molecular formula is C21H19ClN4OS. The van der Waals surface area contributed by atoms with Crippen LogP contribution in [0, 0.1) is 13.8 Å². The number of hydrogen-bond acceptors (Lipinski definition) is 6. The molecule has 1 N–H and O–H groups in total. The molecule has 3 aromatic heterocycles. The molecule has 0 aliphatic heterocycles. The largest absolute Gasteiger partial charge is 0.495 e. The number of methoxy groups -OCH3 is 1. The fourth-order valence-corrected chi connectivity index (χ4v) is 4.32. The Morgan fingerprint density at radius 2 is 1.89 bits per heavy atom. The number of nitrogens with one attached hydrogen (secondary N) is 1. The van der Waals surface area contributed by atoms with Crippen LogP contribution in [0.15, 0.2) is 42.7 Å². The zero-order valence-electron chi connectivity index (χ0n) is 15.8. The summed E-state index contributed by atoms with van der Waals surface area (Å²) in [6.07, 6.45) is 3.50. The molecule has 0 saturated carbocycles. The summed E-state index contributed by atoms with van der Waals surface area (Å²) in [6.45, 7) is 4.82. The van der Waals surface area contributed by atoms with E-state index in [0.717, 1.165) is 27.2 Å². The number of anilines is 1. The van der Waals surface area contributed by atoms with Gasteiger partial charge in [0.1, 0.15) is 16.4 Å². The van der Waals surface area contributed by atoms with Gasteiger partial charge in [0, 0.05) is 29.4 Å². The van der Waals surface area contributed by atoms with Gasteiger partial charge in [-0.15, -0.1) is 11.3 Å². The highest BCUT2D eigenvalue weighted by molar-refractivity contribution is 7.18. The number of hydrogen-bond donors (Lipinski definition) is 1. The normalized spacial score (nSPS) is 11.0. The molecule has 1 aromatic carbocycles. The van der Waals surface area contributed by atoms with Gasteiger partial charge in [-0.05, 0) is 49.2 Å². The lowest BCUT2D eigenvalue weighted by molar-refractivity contribution is 0.415. The number of benzene rings is 1. The van der Waals surface area contributed by atoms with Crippen LogP contribution < -0.4 is 10.1 Å². The van der Waals surface area contributed by atoms with Gasteiger partial charge in [0.2, 0.25) is 0 Å². The first-order valence-corrected chi connectivity index (χ1v) is 10.0. The maximum absolute atomic E-state index is 6.26. The number of rotatable bonds is 5. The van der Waals surface area contributed by atoms with Crippen molar-refractivity contribution < 1.29 is 4.74 Å². The summed E-state index contributed by atoms with van der Waals surface area (Å²) in [5, 5.41) is 5.14. The lowest BCUT2D eigenvalue weighted by Crippen LogP contribution is -2.04. The number of thiophene rings is 1. The van der Waals surface area contributed by atoms with Crippen LogP contribution in [-0.2, 0) is 6.54 Å². The van der Waals surface area contributed by atoms with Gasteiger partial charge >= 0.3 is 0 Å². The molecular weight excluding hydrogens is 392 g/mol. The van der Waals surface area contributed by atoms with Crippen molar-refractivity contribution in [2.75, 3.05) is 12.4 Å². The van der Waals surface area contributed by atoms with E-state index in [-0.39, 0.29) is 0 Å². The molecule has 4 rings (SSSR count). The topological polar surface area (TPSA) is 59.9 Å². The van der Waals surface area contributed by atoms with Gasteiger partial charge in [-0.25, -0.2) is 9.97 Å². The summed E-state index contributed by atoms with van der Waals surface area (Å²) in [7, 11) is 1.61. The minimum atomic E-state index is 0.592. The lowest BCUT2D eigenvalue weighted by atomic mass is 10.2. The lowest BCUT2D eigenvalue weighted by Gasteiger charge is -2.11. The number of halogens is 1. The highest BCUT2D eigenvalue weighted by Crippen LogP contribution is 2.35. The van der Waals surface area contributed by atoms with Crippen molar-refractivity contribution in [1.82, 2.24) is 15.0 Å². The summed E-state index contributed by atoms with van der Waals surface area (Å²) in [6, 6.07) is 9.60. The molecule has 0 atom stereocenters. The predicted octanol–water partition coefficient (Wildman–Crippen LogP) is 5.64. The predicted molar refractivity (Wildman–Crippen MR) is 115 cm³/mol. The van der Waals surface area contributed by atoms with E-state index in [4.69, 9.17) is 26.3 Å². The number of ether oxygens (including phenoxy) is 1. The van der Waals surface area contributed by atoms with E-state index in [1.807, 2.05) is 30.3 Å². The fourth-order valence-electron chi connectivity index (χ4n) is 3.01. The molecule has 0 aliphatic carbocycles. The maximum atomic E-state index is 6.26. The molecule has 7 heteroatoms. The Morgan fingerprint density at radius 3 is 2.61 bits per heavy atom. The zero-order chi connectivity index (χ0) is 19.7. The van der Waals surface area contributed by atoms with Gasteiger partial charge in [-0.1, -0.05) is 17.7 Å². The SMILES string of the molecule is COc1ccc(CNc2nc(-c3ccncc3)nc3sc(C)c(C)c23)cc1Cl. The molecule has 0 saturated heterocycles. The molecule has 4 aromatic rings. The zero-order valence-corrected chi connectivity index (χ0v) is 17.4. The first-order valence-electron chi connectivity index (χ1n) is 8.81. The average molecular weight is 411 g/mol. The Labute approximate surface area is 172 Å². The van der Waals surface area contributed by atoms with E-state index in [1.165, 1.54) is 10.4 Å². The molecule has 142 valence electrons. The Hall–Kier alpha value is -2.70. The highest BCUT2D eigenvalue weighted by atomic mass is 35.5. The Kier molecular flexibility index (Phi) is 5.15. The number of nitrogens with zero attached hydrogens (tertiary/aromatic N) is 3. The molecule has 5 nitrogen and oxygen atoms in total. The molecule has 0 unspecified atom stereocenters. The number of aryl methyl sites for hydroxylation is 2. The van der Waals surface area contributed by atoms with Crippen molar-refractivity contribution in [3.63, 3.8) is 0 Å². The molecule has 0 amide bonds. The second-order valence-corrected chi connectivity index (χ2v) is 8.03. The van der Waals surface area contributed by atoms with E-state index in [2.05, 4.69) is 24.1 Å². The summed E-state index contributed by atoms with van der Waals surface area (Å²) >= 11 is 7.94. The van der Waals surface area contributed by atoms with Crippen molar-refractivity contribution >= 4 is 39.0 Å². The van der Waals surface area contributed by atoms with Crippen molar-refractivity contribution in [2.24, 2.45) is 0 Å². The Bertz CT molecular complexity index is 1140. The van der Waals surface area contributed by atoms with Gasteiger partial charge in [-0.2, -0.15) is 0 Å². The molecule has 3 heterocycles. The smallest absolute Gasteiger partial charge is 0.163 e. The Balaban J connectivity index is 1.73. The minimum absolute atomic E-state index is 0.592. The highest BCUT2D eigenvalue weighted by Gasteiger charge is 2.15. The number of aromatic nitrogens is 3. The van der Waals surface area contributed by atoms with Gasteiger partial charge in [-0.3, -0.25) is 4.98 Å². The van der Waals surface area contributed by atoms with Crippen LogP contribution in [0.1, 0.15) is 16.0 Å². The monoisotopic (exact) mass is 410 g/mol. The standard InChI is InChI=1S/C21H19ClN4OS/c1-12-13(2)28-21-18(12)20(25-19(26-21)15-6-8-23-9-7-15)24-11-14-4-5-17(27-3)16(22)10-14/h4-10H,11H2,1-3H3,(H,24,25,26). The number of pyridine rings is 1. The van der Waals surface area contributed by atoms with E-state index in [9.17, 15) is 0 Å². The fraction of sp³-hybridized carbons (Fsp3) is 0.190. The first-order chi connectivity index (χ1) is 13.6. The van der Waals surface area contributed by atoms with Gasteiger partial charge in [0.15, 0.2) is 5.82 Å². The van der Waals surface area contributed by atoms with E-state index < -0.39 is 0 Å². The third-order valence-corrected chi connectivity index (χ3v) is 6.04. The maximum Gasteiger partial charge on any atom is 0.163 e. The van der Waals surface area contributed by atoms with E-state index in [0.29, 0.717) is 23.1 Å². The van der Waals surface area contributed by atoms with Crippen LogP contribution in [0.5, 0.6) is 5.75 Å². The number of fused-ring (bicyclic) bond motifs is 1. The minimum Gasteiger partial charge on any atom is -0.495 e. The molecule has 0 bridgehead atoms. The van der Waals surface area contributed by atoms with Crippen LogP contribution in [0.3, 0.4) is 0 Å². The average Bonchev–Trinajstić information content (AvgIpc) is 3.00. The Morgan fingerprint density at radius 1 is 1.11 bits per heavy atom. The van der Waals surface area contributed by atoms with Crippen LogP contribution >= 0.6 is 22.9 Å². The van der Waals surface area contributed by atoms with Crippen LogP contribution in [-0.4, -0.2) is 22.1 Å². The third kappa shape index (κ3) is 3.53. The molecule has 0 aliphatic rings. The quantitative estimate of drug-likeness (QED) is 0.461. The van der Waals surface area contributed by atoms with Crippen molar-refractivity contribution in [1.29, 1.82) is 0 Å². The van der Waals surface area contributed by atoms with E-state index in [1.54, 1.807) is 30.8 Å². The van der Waals surface area contributed by atoms with Crippen molar-refractivity contribution in [3.05, 3.63) is 63.8 Å². The summed E-state index contributed by atoms with van der Waals surface area (Å²) < 4.78 is 5.23. The van der Waals surface area contributed by atoms with Gasteiger partial charge < -0.3 is 10.1 Å². The van der Waals surface area contributed by atoms with Crippen LogP contribution in [0.4, 0.5) is 5.82 Å². The molecule has 0 spiro atoms. The van der Waals surface area contributed by atoms with Crippen molar-refractivity contribution in [2.45, 2.75) is 20.4 Å². The van der Waals surface area contributed by atoms with Gasteiger partial charge in [0.05, 0.1) is 17.5 Å². The van der Waals surface area contributed by atoms with Crippen LogP contribution in [0.25, 0.3) is 21.6 Å². The molecule has 0 radical (unpaired) electrons.